The van der Waals surface area contributed by atoms with E-state index in [-0.39, 0.29) is 11.5 Å². The van der Waals surface area contributed by atoms with Crippen molar-refractivity contribution in [3.05, 3.63) is 62.7 Å². The minimum atomic E-state index is -0.246. The summed E-state index contributed by atoms with van der Waals surface area (Å²) in [4.78, 5) is 15.9. The minimum Gasteiger partial charge on any atom is -0.492 e. The number of hydrogen-bond donors (Lipinski definition) is 2. The lowest BCUT2D eigenvalue weighted by Gasteiger charge is -2.11. The second kappa shape index (κ2) is 7.06. The van der Waals surface area contributed by atoms with Crippen molar-refractivity contribution in [1.82, 2.24) is 15.2 Å². The highest BCUT2D eigenvalue weighted by Crippen LogP contribution is 2.25. The van der Waals surface area contributed by atoms with Crippen LogP contribution in [0.15, 0.2) is 46.6 Å². The van der Waals surface area contributed by atoms with Crippen LogP contribution >= 0.6 is 11.3 Å². The van der Waals surface area contributed by atoms with E-state index in [4.69, 9.17) is 4.74 Å². The van der Waals surface area contributed by atoms with Gasteiger partial charge in [0, 0.05) is 11.3 Å². The third-order valence-electron chi connectivity index (χ3n) is 3.13. The number of nitrogens with zero attached hydrogens (tertiary/aromatic N) is 2. The largest absolute Gasteiger partial charge is 0.492 e. The summed E-state index contributed by atoms with van der Waals surface area (Å²) in [6.45, 7) is 2.47. The molecule has 2 heterocycles. The van der Waals surface area contributed by atoms with Gasteiger partial charge < -0.3 is 10.1 Å². The van der Waals surface area contributed by atoms with Crippen LogP contribution in [0.4, 0.5) is 11.6 Å². The fraction of sp³-hybridized carbons (Fsp3) is 0.188. The highest BCUT2D eigenvalue weighted by molar-refractivity contribution is 7.09. The number of para-hydroxylation sites is 2. The van der Waals surface area contributed by atoms with E-state index in [1.807, 2.05) is 48.7 Å². The predicted molar refractivity (Wildman–Crippen MR) is 90.7 cm³/mol. The number of nitrogens with one attached hydrogen (secondary N) is 2. The number of aromatic nitrogens is 3. The molecule has 2 N–H and O–H groups in total. The number of ether oxygens (including phenoxy) is 1. The van der Waals surface area contributed by atoms with Crippen LogP contribution in [0.1, 0.15) is 17.5 Å². The molecule has 2 aromatic heterocycles. The number of aromatic amines is 1. The smallest absolute Gasteiger partial charge is 0.274 e. The van der Waals surface area contributed by atoms with Crippen LogP contribution in [-0.4, -0.2) is 21.8 Å². The van der Waals surface area contributed by atoms with Crippen LogP contribution < -0.4 is 15.6 Å². The summed E-state index contributed by atoms with van der Waals surface area (Å²) < 4.78 is 5.53. The van der Waals surface area contributed by atoms with Crippen molar-refractivity contribution >= 4 is 23.0 Å². The Morgan fingerprint density at radius 2 is 2.09 bits per heavy atom. The normalized spacial score (nSPS) is 10.5. The summed E-state index contributed by atoms with van der Waals surface area (Å²) in [6.07, 6.45) is 0.482. The van der Waals surface area contributed by atoms with Gasteiger partial charge in [-0.05, 0) is 30.5 Å². The van der Waals surface area contributed by atoms with E-state index in [2.05, 4.69) is 20.5 Å². The highest BCUT2D eigenvalue weighted by Gasteiger charge is 2.08. The van der Waals surface area contributed by atoms with Crippen molar-refractivity contribution in [3.63, 3.8) is 0 Å². The molecule has 7 heteroatoms. The van der Waals surface area contributed by atoms with Crippen LogP contribution in [0.3, 0.4) is 0 Å². The van der Waals surface area contributed by atoms with Crippen LogP contribution in [0.2, 0.25) is 0 Å². The molecular weight excluding hydrogens is 312 g/mol. The average Bonchev–Trinajstić information content (AvgIpc) is 3.05. The molecule has 118 valence electrons. The molecule has 0 aliphatic rings. The summed E-state index contributed by atoms with van der Waals surface area (Å²) in [6, 6.07) is 11.4. The summed E-state index contributed by atoms with van der Waals surface area (Å²) in [5.41, 5.74) is 0.881. The molecule has 0 amide bonds. The Bertz CT molecular complexity index is 830. The summed E-state index contributed by atoms with van der Waals surface area (Å²) >= 11 is 1.59. The van der Waals surface area contributed by atoms with Gasteiger partial charge in [0.15, 0.2) is 0 Å². The number of anilines is 2. The third-order valence-corrected chi connectivity index (χ3v) is 4.00. The zero-order chi connectivity index (χ0) is 16.1. The number of rotatable bonds is 6. The number of hydrogen-bond acceptors (Lipinski definition) is 6. The Labute approximate surface area is 137 Å². The Morgan fingerprint density at radius 3 is 2.83 bits per heavy atom. The molecule has 0 radical (unpaired) electrons. The first-order valence-corrected chi connectivity index (χ1v) is 8.11. The van der Waals surface area contributed by atoms with Gasteiger partial charge in [0.05, 0.1) is 12.3 Å². The van der Waals surface area contributed by atoms with E-state index in [1.54, 1.807) is 11.3 Å². The minimum absolute atomic E-state index is 0.246. The zero-order valence-corrected chi connectivity index (χ0v) is 13.4. The average molecular weight is 328 g/mol. The van der Waals surface area contributed by atoms with E-state index in [0.29, 0.717) is 24.5 Å². The van der Waals surface area contributed by atoms with E-state index in [0.717, 1.165) is 10.6 Å². The van der Waals surface area contributed by atoms with Gasteiger partial charge in [-0.1, -0.05) is 18.2 Å². The lowest BCUT2D eigenvalue weighted by atomic mass is 10.3. The Kier molecular flexibility index (Phi) is 4.68. The molecule has 0 aliphatic heterocycles. The molecule has 0 aliphatic carbocycles. The number of H-pyrrole nitrogens is 1. The molecular formula is C16H16N4O2S. The van der Waals surface area contributed by atoms with Gasteiger partial charge in [0.1, 0.15) is 11.4 Å². The van der Waals surface area contributed by atoms with E-state index >= 15 is 0 Å². The fourth-order valence-corrected chi connectivity index (χ4v) is 2.80. The van der Waals surface area contributed by atoms with Crippen molar-refractivity contribution in [2.24, 2.45) is 0 Å². The van der Waals surface area contributed by atoms with Crippen molar-refractivity contribution in [3.8, 4) is 5.75 Å². The molecule has 0 saturated heterocycles. The molecule has 3 rings (SSSR count). The second-order valence-electron chi connectivity index (χ2n) is 4.76. The van der Waals surface area contributed by atoms with Crippen molar-refractivity contribution < 1.29 is 4.74 Å². The molecule has 6 nitrogen and oxygen atoms in total. The fourth-order valence-electron chi connectivity index (χ4n) is 2.09. The van der Waals surface area contributed by atoms with Crippen LogP contribution in [0.25, 0.3) is 0 Å². The van der Waals surface area contributed by atoms with Gasteiger partial charge in [0.2, 0.25) is 5.95 Å². The lowest BCUT2D eigenvalue weighted by Crippen LogP contribution is -2.18. The van der Waals surface area contributed by atoms with Gasteiger partial charge in [0.25, 0.3) is 5.56 Å². The summed E-state index contributed by atoms with van der Waals surface area (Å²) in [7, 11) is 0. The number of benzene rings is 1. The van der Waals surface area contributed by atoms with E-state index in [1.165, 1.54) is 0 Å². The Hall–Kier alpha value is -2.67. The van der Waals surface area contributed by atoms with E-state index < -0.39 is 0 Å². The molecule has 23 heavy (non-hydrogen) atoms. The molecule has 1 aromatic carbocycles. The van der Waals surface area contributed by atoms with Crippen LogP contribution in [0, 0.1) is 0 Å². The quantitative estimate of drug-likeness (QED) is 0.727. The van der Waals surface area contributed by atoms with Crippen LogP contribution in [-0.2, 0) is 6.42 Å². The van der Waals surface area contributed by atoms with Gasteiger partial charge in [-0.15, -0.1) is 21.5 Å². The molecule has 0 unspecified atom stereocenters. The molecule has 0 fully saturated rings. The number of thiophene rings is 1. The van der Waals surface area contributed by atoms with Crippen LogP contribution in [0.5, 0.6) is 5.75 Å². The third kappa shape index (κ3) is 3.75. The maximum atomic E-state index is 12.1. The SMILES string of the molecule is CCOc1ccccc1Nc1nnc(Cc2cccs2)c(=O)[nH]1. The first-order chi connectivity index (χ1) is 11.3. The summed E-state index contributed by atoms with van der Waals surface area (Å²) in [5.74, 6) is 0.984. The first kappa shape index (κ1) is 15.2. The zero-order valence-electron chi connectivity index (χ0n) is 12.6. The molecule has 0 bridgehead atoms. The molecule has 0 spiro atoms. The van der Waals surface area contributed by atoms with Gasteiger partial charge in [-0.2, -0.15) is 0 Å². The maximum Gasteiger partial charge on any atom is 0.274 e. The topological polar surface area (TPSA) is 79.9 Å². The summed E-state index contributed by atoms with van der Waals surface area (Å²) in [5, 5.41) is 13.1. The van der Waals surface area contributed by atoms with Crippen molar-refractivity contribution in [2.75, 3.05) is 11.9 Å². The molecule has 0 atom stereocenters. The highest BCUT2D eigenvalue weighted by atomic mass is 32.1. The van der Waals surface area contributed by atoms with Gasteiger partial charge >= 0.3 is 0 Å². The van der Waals surface area contributed by atoms with Gasteiger partial charge in [-0.25, -0.2) is 0 Å². The first-order valence-electron chi connectivity index (χ1n) is 7.23. The standard InChI is InChI=1S/C16H16N4O2S/c1-2-22-14-8-4-3-7-12(14)17-16-18-15(21)13(19-20-16)10-11-6-5-9-23-11/h3-9H,2,10H2,1H3,(H2,17,18,20,21). The Morgan fingerprint density at radius 1 is 1.22 bits per heavy atom. The predicted octanol–water partition coefficient (Wildman–Crippen LogP) is 2.96. The van der Waals surface area contributed by atoms with E-state index in [9.17, 15) is 4.79 Å². The lowest BCUT2D eigenvalue weighted by molar-refractivity contribution is 0.342. The second-order valence-corrected chi connectivity index (χ2v) is 5.79. The van der Waals surface area contributed by atoms with Crippen molar-refractivity contribution in [2.45, 2.75) is 13.3 Å². The van der Waals surface area contributed by atoms with Gasteiger partial charge in [-0.3, -0.25) is 9.78 Å². The Balaban J connectivity index is 1.79. The van der Waals surface area contributed by atoms with Crippen molar-refractivity contribution in [1.29, 1.82) is 0 Å². The molecule has 0 saturated carbocycles. The maximum absolute atomic E-state index is 12.1. The monoisotopic (exact) mass is 328 g/mol. The molecule has 3 aromatic rings.